The molecule has 0 aromatic heterocycles. The van der Waals surface area contributed by atoms with Crippen molar-refractivity contribution in [3.05, 3.63) is 95.8 Å². The third kappa shape index (κ3) is 6.59. The Morgan fingerprint density at radius 2 is 1.55 bits per heavy atom. The van der Waals surface area contributed by atoms with Crippen LogP contribution in [0.2, 0.25) is 0 Å². The largest absolute Gasteiger partial charge is 0.497 e. The number of methoxy groups -OCH3 is 1. The standard InChI is InChI=1S/C24H26FNO3/c1-28-22-13-11-19(12-14-22)15-26(16-20-7-5-6-10-24(20)25)17-21(27)18-29-23-8-3-2-4-9-23/h2-14,21,27H,15-18H2,1H3/t21-/m0/s1. The molecule has 0 radical (unpaired) electrons. The molecule has 0 spiro atoms. The van der Waals surface area contributed by atoms with Crippen LogP contribution >= 0.6 is 0 Å². The zero-order chi connectivity index (χ0) is 20.5. The molecule has 3 aromatic rings. The fourth-order valence-corrected chi connectivity index (χ4v) is 3.10. The number of ether oxygens (including phenoxy) is 2. The molecule has 3 rings (SSSR count). The van der Waals surface area contributed by atoms with Crippen LogP contribution in [-0.4, -0.2) is 36.4 Å². The number of aliphatic hydroxyl groups excluding tert-OH is 1. The number of hydrogen-bond acceptors (Lipinski definition) is 4. The highest BCUT2D eigenvalue weighted by Gasteiger charge is 2.15. The Hall–Kier alpha value is -2.89. The lowest BCUT2D eigenvalue weighted by molar-refractivity contribution is 0.0624. The molecular formula is C24H26FNO3. The normalized spacial score (nSPS) is 12.0. The molecule has 1 N–H and O–H groups in total. The smallest absolute Gasteiger partial charge is 0.127 e. The lowest BCUT2D eigenvalue weighted by Crippen LogP contribution is -2.35. The van der Waals surface area contributed by atoms with Gasteiger partial charge in [-0.05, 0) is 35.9 Å². The van der Waals surface area contributed by atoms with Crippen molar-refractivity contribution in [1.29, 1.82) is 0 Å². The summed E-state index contributed by atoms with van der Waals surface area (Å²) in [5.41, 5.74) is 1.65. The second-order valence-corrected chi connectivity index (χ2v) is 6.89. The van der Waals surface area contributed by atoms with E-state index in [9.17, 15) is 9.50 Å². The Morgan fingerprint density at radius 1 is 0.862 bits per heavy atom. The molecule has 3 aromatic carbocycles. The summed E-state index contributed by atoms with van der Waals surface area (Å²) in [5.74, 6) is 1.25. The first-order valence-electron chi connectivity index (χ1n) is 9.58. The molecule has 0 amide bonds. The molecule has 1 atom stereocenters. The highest BCUT2D eigenvalue weighted by molar-refractivity contribution is 5.27. The first-order chi connectivity index (χ1) is 14.1. The molecule has 0 aliphatic heterocycles. The van der Waals surface area contributed by atoms with Gasteiger partial charge in [0, 0.05) is 25.2 Å². The van der Waals surface area contributed by atoms with Crippen LogP contribution in [0.25, 0.3) is 0 Å². The monoisotopic (exact) mass is 395 g/mol. The zero-order valence-corrected chi connectivity index (χ0v) is 16.5. The fourth-order valence-electron chi connectivity index (χ4n) is 3.10. The molecule has 0 unspecified atom stereocenters. The van der Waals surface area contributed by atoms with Crippen molar-refractivity contribution in [1.82, 2.24) is 4.90 Å². The van der Waals surface area contributed by atoms with Crippen LogP contribution in [0.4, 0.5) is 4.39 Å². The third-order valence-electron chi connectivity index (χ3n) is 4.57. The van der Waals surface area contributed by atoms with Gasteiger partial charge in [-0.1, -0.05) is 48.5 Å². The van der Waals surface area contributed by atoms with Gasteiger partial charge in [-0.15, -0.1) is 0 Å². The SMILES string of the molecule is COc1ccc(CN(Cc2ccccc2F)C[C@H](O)COc2ccccc2)cc1. The molecule has 5 heteroatoms. The van der Waals surface area contributed by atoms with E-state index in [1.807, 2.05) is 65.6 Å². The maximum atomic E-state index is 14.2. The lowest BCUT2D eigenvalue weighted by Gasteiger charge is -2.25. The van der Waals surface area contributed by atoms with E-state index in [1.165, 1.54) is 6.07 Å². The number of hydrogen-bond donors (Lipinski definition) is 1. The van der Waals surface area contributed by atoms with Gasteiger partial charge in [0.2, 0.25) is 0 Å². The van der Waals surface area contributed by atoms with Gasteiger partial charge < -0.3 is 14.6 Å². The van der Waals surface area contributed by atoms with Crippen LogP contribution in [0.15, 0.2) is 78.9 Å². The fraction of sp³-hybridized carbons (Fsp3) is 0.250. The van der Waals surface area contributed by atoms with E-state index in [0.717, 1.165) is 11.3 Å². The number of nitrogens with zero attached hydrogens (tertiary/aromatic N) is 1. The second kappa shape index (κ2) is 10.6. The molecule has 29 heavy (non-hydrogen) atoms. The maximum Gasteiger partial charge on any atom is 0.127 e. The Balaban J connectivity index is 1.66. The topological polar surface area (TPSA) is 41.9 Å². The Morgan fingerprint density at radius 3 is 2.24 bits per heavy atom. The van der Waals surface area contributed by atoms with Crippen molar-refractivity contribution in [3.8, 4) is 11.5 Å². The summed E-state index contributed by atoms with van der Waals surface area (Å²) in [7, 11) is 1.63. The summed E-state index contributed by atoms with van der Waals surface area (Å²) in [5, 5.41) is 10.5. The van der Waals surface area contributed by atoms with Crippen LogP contribution in [0, 0.1) is 5.82 Å². The van der Waals surface area contributed by atoms with Crippen LogP contribution < -0.4 is 9.47 Å². The van der Waals surface area contributed by atoms with Crippen LogP contribution in [0.1, 0.15) is 11.1 Å². The highest BCUT2D eigenvalue weighted by atomic mass is 19.1. The first kappa shape index (κ1) is 20.8. The van der Waals surface area contributed by atoms with Gasteiger partial charge >= 0.3 is 0 Å². The predicted octanol–water partition coefficient (Wildman–Crippen LogP) is 4.28. The van der Waals surface area contributed by atoms with Gasteiger partial charge in [-0.25, -0.2) is 4.39 Å². The molecule has 0 bridgehead atoms. The number of aliphatic hydroxyl groups is 1. The molecular weight excluding hydrogens is 369 g/mol. The van der Waals surface area contributed by atoms with E-state index in [2.05, 4.69) is 0 Å². The summed E-state index contributed by atoms with van der Waals surface area (Å²) < 4.78 is 25.0. The molecule has 0 aliphatic carbocycles. The van der Waals surface area contributed by atoms with Gasteiger partial charge in [0.1, 0.15) is 30.0 Å². The second-order valence-electron chi connectivity index (χ2n) is 6.89. The summed E-state index contributed by atoms with van der Waals surface area (Å²) in [6.07, 6.45) is -0.708. The van der Waals surface area contributed by atoms with E-state index >= 15 is 0 Å². The number of halogens is 1. The number of rotatable bonds is 10. The van der Waals surface area contributed by atoms with E-state index in [0.29, 0.717) is 30.9 Å². The lowest BCUT2D eigenvalue weighted by atomic mass is 10.1. The number of para-hydroxylation sites is 1. The minimum Gasteiger partial charge on any atom is -0.497 e. The summed E-state index contributed by atoms with van der Waals surface area (Å²) in [6.45, 7) is 1.48. The molecule has 4 nitrogen and oxygen atoms in total. The van der Waals surface area contributed by atoms with Gasteiger partial charge in [0.25, 0.3) is 0 Å². The Labute approximate surface area is 171 Å². The van der Waals surface area contributed by atoms with Crippen LogP contribution in [0.5, 0.6) is 11.5 Å². The summed E-state index contributed by atoms with van der Waals surface area (Å²) >= 11 is 0. The minimum atomic E-state index is -0.708. The van der Waals surface area contributed by atoms with E-state index < -0.39 is 6.10 Å². The Kier molecular flexibility index (Phi) is 7.61. The van der Waals surface area contributed by atoms with Crippen LogP contribution in [-0.2, 0) is 13.1 Å². The summed E-state index contributed by atoms with van der Waals surface area (Å²) in [4.78, 5) is 2.01. The van der Waals surface area contributed by atoms with Crippen molar-refractivity contribution in [2.75, 3.05) is 20.3 Å². The van der Waals surface area contributed by atoms with Crippen molar-refractivity contribution >= 4 is 0 Å². The van der Waals surface area contributed by atoms with Gasteiger partial charge in [0.15, 0.2) is 0 Å². The highest BCUT2D eigenvalue weighted by Crippen LogP contribution is 2.17. The van der Waals surface area contributed by atoms with Crippen molar-refractivity contribution in [2.45, 2.75) is 19.2 Å². The van der Waals surface area contributed by atoms with Gasteiger partial charge in [-0.3, -0.25) is 4.90 Å². The molecule has 0 heterocycles. The Bertz CT molecular complexity index is 871. The van der Waals surface area contributed by atoms with Crippen molar-refractivity contribution in [3.63, 3.8) is 0 Å². The zero-order valence-electron chi connectivity index (χ0n) is 16.5. The van der Waals surface area contributed by atoms with Gasteiger partial charge in [-0.2, -0.15) is 0 Å². The minimum absolute atomic E-state index is 0.167. The molecule has 0 saturated carbocycles. The predicted molar refractivity (Wildman–Crippen MR) is 111 cm³/mol. The van der Waals surface area contributed by atoms with E-state index in [1.54, 1.807) is 19.2 Å². The molecule has 0 fully saturated rings. The van der Waals surface area contributed by atoms with E-state index in [-0.39, 0.29) is 12.4 Å². The maximum absolute atomic E-state index is 14.2. The average Bonchev–Trinajstić information content (AvgIpc) is 2.75. The van der Waals surface area contributed by atoms with E-state index in [4.69, 9.17) is 9.47 Å². The summed E-state index contributed by atoms with van der Waals surface area (Å²) in [6, 6.07) is 23.8. The molecule has 0 saturated heterocycles. The average molecular weight is 395 g/mol. The molecule has 152 valence electrons. The molecule has 0 aliphatic rings. The van der Waals surface area contributed by atoms with Crippen molar-refractivity contribution in [2.24, 2.45) is 0 Å². The number of benzene rings is 3. The van der Waals surface area contributed by atoms with Crippen LogP contribution in [0.3, 0.4) is 0 Å². The van der Waals surface area contributed by atoms with Gasteiger partial charge in [0.05, 0.1) is 7.11 Å². The third-order valence-corrected chi connectivity index (χ3v) is 4.57. The van der Waals surface area contributed by atoms with Crippen molar-refractivity contribution < 1.29 is 19.0 Å². The quantitative estimate of drug-likeness (QED) is 0.557. The first-order valence-corrected chi connectivity index (χ1v) is 9.58.